The number of aryl methyl sites for hydroxylation is 1. The van der Waals surface area contributed by atoms with Crippen molar-refractivity contribution < 1.29 is 4.79 Å². The molecule has 0 aliphatic heterocycles. The molecule has 0 fully saturated rings. The van der Waals surface area contributed by atoms with Crippen LogP contribution in [0.25, 0.3) is 0 Å². The van der Waals surface area contributed by atoms with Crippen molar-refractivity contribution in [1.82, 2.24) is 9.88 Å². The van der Waals surface area contributed by atoms with Gasteiger partial charge in [0.25, 0.3) is 0 Å². The average Bonchev–Trinajstić information content (AvgIpc) is 2.83. The number of anilines is 1. The summed E-state index contributed by atoms with van der Waals surface area (Å²) in [6.07, 6.45) is 4.55. The maximum absolute atomic E-state index is 11.3. The number of nitrogens with zero attached hydrogens (tertiary/aromatic N) is 1. The van der Waals surface area contributed by atoms with E-state index in [1.807, 2.05) is 42.1 Å². The molecule has 0 spiro atoms. The molecule has 0 aliphatic rings. The molecule has 0 unspecified atom stereocenters. The molecule has 2 rings (SSSR count). The lowest BCUT2D eigenvalue weighted by atomic mass is 10.1. The Balaban J connectivity index is 1.89. The SMILES string of the molecule is CNC(=O)Cc1ccc(NCc2ccn(C)c2)cc1. The molecular weight excluding hydrogens is 238 g/mol. The van der Waals surface area contributed by atoms with Crippen molar-refractivity contribution in [3.8, 4) is 0 Å². The molecule has 100 valence electrons. The van der Waals surface area contributed by atoms with Gasteiger partial charge < -0.3 is 15.2 Å². The van der Waals surface area contributed by atoms with Crippen LogP contribution in [0.4, 0.5) is 5.69 Å². The van der Waals surface area contributed by atoms with Crippen LogP contribution in [0.1, 0.15) is 11.1 Å². The lowest BCUT2D eigenvalue weighted by molar-refractivity contribution is -0.119. The summed E-state index contributed by atoms with van der Waals surface area (Å²) in [4.78, 5) is 11.3. The van der Waals surface area contributed by atoms with E-state index < -0.39 is 0 Å². The van der Waals surface area contributed by atoms with Gasteiger partial charge in [-0.15, -0.1) is 0 Å². The lowest BCUT2D eigenvalue weighted by Crippen LogP contribution is -2.19. The van der Waals surface area contributed by atoms with Crippen LogP contribution in [-0.2, 0) is 24.8 Å². The highest BCUT2D eigenvalue weighted by Gasteiger charge is 2.01. The standard InChI is InChI=1S/C15H19N3O/c1-16-15(19)9-12-3-5-14(6-4-12)17-10-13-7-8-18(2)11-13/h3-8,11,17H,9-10H2,1-2H3,(H,16,19). The van der Waals surface area contributed by atoms with Crippen LogP contribution in [0.2, 0.25) is 0 Å². The Bertz CT molecular complexity index is 543. The highest BCUT2D eigenvalue weighted by molar-refractivity contribution is 5.78. The van der Waals surface area contributed by atoms with Crippen molar-refractivity contribution in [2.45, 2.75) is 13.0 Å². The Morgan fingerprint density at radius 1 is 1.16 bits per heavy atom. The molecule has 0 saturated carbocycles. The quantitative estimate of drug-likeness (QED) is 0.859. The Morgan fingerprint density at radius 2 is 1.89 bits per heavy atom. The van der Waals surface area contributed by atoms with Gasteiger partial charge in [-0.25, -0.2) is 0 Å². The summed E-state index contributed by atoms with van der Waals surface area (Å²) in [6.45, 7) is 0.801. The molecule has 0 saturated heterocycles. The van der Waals surface area contributed by atoms with Crippen LogP contribution in [-0.4, -0.2) is 17.5 Å². The molecule has 4 nitrogen and oxygen atoms in total. The molecule has 1 aromatic carbocycles. The predicted molar refractivity (Wildman–Crippen MR) is 77.0 cm³/mol. The molecule has 1 heterocycles. The number of aromatic nitrogens is 1. The minimum absolute atomic E-state index is 0.0324. The number of benzene rings is 1. The van der Waals surface area contributed by atoms with Crippen LogP contribution in [0.3, 0.4) is 0 Å². The Kier molecular flexibility index (Phi) is 4.23. The Morgan fingerprint density at radius 3 is 2.47 bits per heavy atom. The first-order chi connectivity index (χ1) is 9.17. The van der Waals surface area contributed by atoms with E-state index in [9.17, 15) is 4.79 Å². The van der Waals surface area contributed by atoms with Gasteiger partial charge in [-0.2, -0.15) is 0 Å². The summed E-state index contributed by atoms with van der Waals surface area (Å²) in [6, 6.07) is 10.0. The van der Waals surface area contributed by atoms with Crippen LogP contribution < -0.4 is 10.6 Å². The number of carbonyl (C=O) groups excluding carboxylic acids is 1. The van der Waals surface area contributed by atoms with Crippen LogP contribution in [0.5, 0.6) is 0 Å². The zero-order valence-corrected chi connectivity index (χ0v) is 11.3. The maximum atomic E-state index is 11.3. The summed E-state index contributed by atoms with van der Waals surface area (Å²) < 4.78 is 2.03. The normalized spacial score (nSPS) is 10.2. The first-order valence-corrected chi connectivity index (χ1v) is 6.31. The van der Waals surface area contributed by atoms with Gasteiger partial charge in [0, 0.05) is 38.7 Å². The topological polar surface area (TPSA) is 46.1 Å². The summed E-state index contributed by atoms with van der Waals surface area (Å²) in [7, 11) is 3.66. The third-order valence-corrected chi connectivity index (χ3v) is 2.99. The molecule has 0 bridgehead atoms. The second kappa shape index (κ2) is 6.09. The van der Waals surface area contributed by atoms with Gasteiger partial charge in [0.15, 0.2) is 0 Å². The maximum Gasteiger partial charge on any atom is 0.224 e. The molecule has 0 aliphatic carbocycles. The van der Waals surface area contributed by atoms with E-state index in [0.717, 1.165) is 17.8 Å². The molecule has 19 heavy (non-hydrogen) atoms. The van der Waals surface area contributed by atoms with Crippen LogP contribution in [0, 0.1) is 0 Å². The lowest BCUT2D eigenvalue weighted by Gasteiger charge is -2.06. The van der Waals surface area contributed by atoms with Crippen LogP contribution >= 0.6 is 0 Å². The smallest absolute Gasteiger partial charge is 0.224 e. The summed E-state index contributed by atoms with van der Waals surface area (Å²) in [5.74, 6) is 0.0324. The fourth-order valence-corrected chi connectivity index (χ4v) is 1.88. The molecule has 4 heteroatoms. The Hall–Kier alpha value is -2.23. The summed E-state index contributed by atoms with van der Waals surface area (Å²) in [5, 5.41) is 5.98. The minimum Gasteiger partial charge on any atom is -0.381 e. The number of likely N-dealkylation sites (N-methyl/N-ethyl adjacent to an activating group) is 1. The molecule has 0 radical (unpaired) electrons. The van der Waals surface area contributed by atoms with Gasteiger partial charge in [0.05, 0.1) is 6.42 Å². The average molecular weight is 257 g/mol. The van der Waals surface area contributed by atoms with Gasteiger partial charge in [-0.05, 0) is 29.3 Å². The second-order valence-electron chi connectivity index (χ2n) is 4.59. The molecule has 2 N–H and O–H groups in total. The van der Waals surface area contributed by atoms with E-state index in [1.165, 1.54) is 5.56 Å². The minimum atomic E-state index is 0.0324. The van der Waals surface area contributed by atoms with Crippen molar-refractivity contribution in [3.63, 3.8) is 0 Å². The van der Waals surface area contributed by atoms with E-state index in [-0.39, 0.29) is 5.91 Å². The first-order valence-electron chi connectivity index (χ1n) is 6.31. The van der Waals surface area contributed by atoms with E-state index in [1.54, 1.807) is 7.05 Å². The predicted octanol–water partition coefficient (Wildman–Crippen LogP) is 1.93. The number of rotatable bonds is 5. The molecule has 0 atom stereocenters. The summed E-state index contributed by atoms with van der Waals surface area (Å²) in [5.41, 5.74) is 3.33. The monoisotopic (exact) mass is 257 g/mol. The van der Waals surface area contributed by atoms with Crippen molar-refractivity contribution in [2.75, 3.05) is 12.4 Å². The number of nitrogens with one attached hydrogen (secondary N) is 2. The van der Waals surface area contributed by atoms with Crippen molar-refractivity contribution in [2.24, 2.45) is 7.05 Å². The van der Waals surface area contributed by atoms with Gasteiger partial charge in [0.1, 0.15) is 0 Å². The largest absolute Gasteiger partial charge is 0.381 e. The zero-order valence-electron chi connectivity index (χ0n) is 11.3. The van der Waals surface area contributed by atoms with E-state index in [2.05, 4.69) is 22.9 Å². The van der Waals surface area contributed by atoms with E-state index in [0.29, 0.717) is 6.42 Å². The summed E-state index contributed by atoms with van der Waals surface area (Å²) >= 11 is 0. The molecule has 2 aromatic rings. The third kappa shape index (κ3) is 3.88. The Labute approximate surface area is 113 Å². The third-order valence-electron chi connectivity index (χ3n) is 2.99. The number of carbonyl (C=O) groups is 1. The zero-order chi connectivity index (χ0) is 13.7. The van der Waals surface area contributed by atoms with Crippen LogP contribution in [0.15, 0.2) is 42.7 Å². The van der Waals surface area contributed by atoms with Gasteiger partial charge in [-0.3, -0.25) is 4.79 Å². The molecular formula is C15H19N3O. The number of hydrogen-bond donors (Lipinski definition) is 2. The second-order valence-corrected chi connectivity index (χ2v) is 4.59. The molecule has 1 aromatic heterocycles. The van der Waals surface area contributed by atoms with Crippen molar-refractivity contribution in [3.05, 3.63) is 53.9 Å². The van der Waals surface area contributed by atoms with E-state index >= 15 is 0 Å². The number of amides is 1. The molecule has 1 amide bonds. The highest BCUT2D eigenvalue weighted by atomic mass is 16.1. The number of hydrogen-bond acceptors (Lipinski definition) is 2. The van der Waals surface area contributed by atoms with Gasteiger partial charge in [0.2, 0.25) is 5.91 Å². The van der Waals surface area contributed by atoms with Gasteiger partial charge in [-0.1, -0.05) is 12.1 Å². The van der Waals surface area contributed by atoms with E-state index in [4.69, 9.17) is 0 Å². The fraction of sp³-hybridized carbons (Fsp3) is 0.267. The first kappa shape index (κ1) is 13.2. The highest BCUT2D eigenvalue weighted by Crippen LogP contribution is 2.12. The fourth-order valence-electron chi connectivity index (χ4n) is 1.88. The van der Waals surface area contributed by atoms with Gasteiger partial charge >= 0.3 is 0 Å². The van der Waals surface area contributed by atoms with Crippen molar-refractivity contribution in [1.29, 1.82) is 0 Å². The van der Waals surface area contributed by atoms with Crippen molar-refractivity contribution >= 4 is 11.6 Å².